The summed E-state index contributed by atoms with van der Waals surface area (Å²) in [5.74, 6) is 0. The quantitative estimate of drug-likeness (QED) is 0.832. The second-order valence-corrected chi connectivity index (χ2v) is 9.48. The summed E-state index contributed by atoms with van der Waals surface area (Å²) in [6.45, 7) is -0.174. The van der Waals surface area contributed by atoms with Crippen LogP contribution in [0.3, 0.4) is 0 Å². The number of nitrogens with one attached hydrogen (secondary N) is 1. The Bertz CT molecular complexity index is 533. The molecule has 0 aromatic carbocycles. The fourth-order valence-corrected chi connectivity index (χ4v) is 6.16. The van der Waals surface area contributed by atoms with Gasteiger partial charge in [0.2, 0.25) is 0 Å². The molecule has 0 radical (unpaired) electrons. The lowest BCUT2D eigenvalue weighted by Crippen LogP contribution is -2.52. The molecule has 0 amide bonds. The number of sulfonamides is 1. The summed E-state index contributed by atoms with van der Waals surface area (Å²) in [7, 11) is -3.64. The standard InChI is InChI=1S/C11H15BrClNO3S2/c12-10-8(13)6-9(18-10)19(16,17)14-11(7-15)4-2-1-3-5-11/h6,14-15H,1-5,7H2. The van der Waals surface area contributed by atoms with Crippen LogP contribution in [0.1, 0.15) is 32.1 Å². The summed E-state index contributed by atoms with van der Waals surface area (Å²) in [5, 5.41) is 9.93. The fourth-order valence-electron chi connectivity index (χ4n) is 2.32. The Morgan fingerprint density at radius 3 is 2.53 bits per heavy atom. The molecule has 0 aliphatic heterocycles. The number of aliphatic hydroxyl groups is 1. The third kappa shape index (κ3) is 3.51. The number of thiophene rings is 1. The van der Waals surface area contributed by atoms with Gasteiger partial charge in [0.05, 0.1) is 21.0 Å². The van der Waals surface area contributed by atoms with Crippen molar-refractivity contribution >= 4 is 48.9 Å². The lowest BCUT2D eigenvalue weighted by atomic mass is 9.83. The van der Waals surface area contributed by atoms with Crippen LogP contribution in [0.15, 0.2) is 14.1 Å². The summed E-state index contributed by atoms with van der Waals surface area (Å²) < 4.78 is 28.1. The Kier molecular flexibility index (Phi) is 4.96. The number of halogens is 2. The maximum absolute atomic E-state index is 12.3. The minimum atomic E-state index is -3.64. The Balaban J connectivity index is 2.24. The molecule has 0 saturated heterocycles. The van der Waals surface area contributed by atoms with Gasteiger partial charge in [-0.25, -0.2) is 13.1 Å². The van der Waals surface area contributed by atoms with Crippen molar-refractivity contribution in [2.75, 3.05) is 6.61 Å². The highest BCUT2D eigenvalue weighted by Gasteiger charge is 2.36. The molecule has 0 bridgehead atoms. The van der Waals surface area contributed by atoms with Gasteiger partial charge in [-0.05, 0) is 34.8 Å². The summed E-state index contributed by atoms with van der Waals surface area (Å²) >= 11 is 10.1. The van der Waals surface area contributed by atoms with Crippen molar-refractivity contribution < 1.29 is 13.5 Å². The third-order valence-corrected chi connectivity index (χ3v) is 7.88. The van der Waals surface area contributed by atoms with Crippen molar-refractivity contribution in [1.82, 2.24) is 4.72 Å². The zero-order valence-corrected chi connectivity index (χ0v) is 14.1. The average Bonchev–Trinajstić information content (AvgIpc) is 2.71. The fraction of sp³-hybridized carbons (Fsp3) is 0.636. The minimum Gasteiger partial charge on any atom is -0.394 e. The molecule has 2 rings (SSSR count). The van der Waals surface area contributed by atoms with Crippen LogP contribution in [-0.4, -0.2) is 25.7 Å². The van der Waals surface area contributed by atoms with Crippen molar-refractivity contribution in [2.24, 2.45) is 0 Å². The van der Waals surface area contributed by atoms with Crippen LogP contribution in [0, 0.1) is 0 Å². The van der Waals surface area contributed by atoms with Gasteiger partial charge in [-0.2, -0.15) is 0 Å². The summed E-state index contributed by atoms with van der Waals surface area (Å²) in [4.78, 5) is 0. The second-order valence-electron chi connectivity index (χ2n) is 4.79. The maximum Gasteiger partial charge on any atom is 0.250 e. The highest BCUT2D eigenvalue weighted by Crippen LogP contribution is 2.36. The van der Waals surface area contributed by atoms with Crippen LogP contribution in [0.4, 0.5) is 0 Å². The molecule has 1 fully saturated rings. The molecule has 1 aliphatic rings. The van der Waals surface area contributed by atoms with Gasteiger partial charge in [0.1, 0.15) is 4.21 Å². The first-order chi connectivity index (χ1) is 8.88. The molecule has 1 heterocycles. The normalized spacial score (nSPS) is 19.5. The molecule has 1 aromatic rings. The van der Waals surface area contributed by atoms with Crippen molar-refractivity contribution in [1.29, 1.82) is 0 Å². The average molecular weight is 389 g/mol. The van der Waals surface area contributed by atoms with E-state index in [1.54, 1.807) is 0 Å². The van der Waals surface area contributed by atoms with Crippen LogP contribution < -0.4 is 4.72 Å². The lowest BCUT2D eigenvalue weighted by molar-refractivity contribution is 0.142. The molecule has 8 heteroatoms. The summed E-state index contributed by atoms with van der Waals surface area (Å²) in [6, 6.07) is 1.42. The Morgan fingerprint density at radius 2 is 2.05 bits per heavy atom. The Labute approximate surface area is 130 Å². The van der Waals surface area contributed by atoms with Gasteiger partial charge in [-0.3, -0.25) is 0 Å². The molecule has 108 valence electrons. The van der Waals surface area contributed by atoms with Gasteiger partial charge in [-0.15, -0.1) is 11.3 Å². The number of rotatable bonds is 4. The van der Waals surface area contributed by atoms with Gasteiger partial charge >= 0.3 is 0 Å². The molecule has 1 saturated carbocycles. The number of hydrogen-bond acceptors (Lipinski definition) is 4. The molecule has 19 heavy (non-hydrogen) atoms. The summed E-state index contributed by atoms with van der Waals surface area (Å²) in [5.41, 5.74) is -0.722. The molecule has 0 unspecified atom stereocenters. The van der Waals surface area contributed by atoms with Crippen molar-refractivity contribution in [3.05, 3.63) is 14.9 Å². The van der Waals surface area contributed by atoms with Gasteiger partial charge in [0.15, 0.2) is 0 Å². The van der Waals surface area contributed by atoms with Crippen molar-refractivity contribution in [2.45, 2.75) is 41.9 Å². The van der Waals surface area contributed by atoms with E-state index < -0.39 is 15.6 Å². The largest absolute Gasteiger partial charge is 0.394 e. The topological polar surface area (TPSA) is 66.4 Å². The van der Waals surface area contributed by atoms with Gasteiger partial charge in [0.25, 0.3) is 10.0 Å². The predicted octanol–water partition coefficient (Wildman–Crippen LogP) is 3.14. The molecule has 1 aliphatic carbocycles. The van der Waals surface area contributed by atoms with Crippen LogP contribution in [0.25, 0.3) is 0 Å². The van der Waals surface area contributed by atoms with Crippen molar-refractivity contribution in [3.63, 3.8) is 0 Å². The number of hydrogen-bond donors (Lipinski definition) is 2. The first kappa shape index (κ1) is 15.7. The molecular weight excluding hydrogens is 374 g/mol. The molecule has 0 spiro atoms. The Morgan fingerprint density at radius 1 is 1.42 bits per heavy atom. The maximum atomic E-state index is 12.3. The first-order valence-electron chi connectivity index (χ1n) is 5.98. The summed E-state index contributed by atoms with van der Waals surface area (Å²) in [6.07, 6.45) is 4.28. The first-order valence-corrected chi connectivity index (χ1v) is 9.45. The predicted molar refractivity (Wildman–Crippen MR) is 80.3 cm³/mol. The van der Waals surface area contributed by atoms with Crippen LogP contribution in [0.2, 0.25) is 5.02 Å². The van der Waals surface area contributed by atoms with E-state index in [1.807, 2.05) is 0 Å². The van der Waals surface area contributed by atoms with Crippen LogP contribution in [-0.2, 0) is 10.0 Å². The van der Waals surface area contributed by atoms with E-state index in [4.69, 9.17) is 11.6 Å². The highest BCUT2D eigenvalue weighted by molar-refractivity contribution is 9.11. The van der Waals surface area contributed by atoms with Gasteiger partial charge < -0.3 is 5.11 Å². The highest BCUT2D eigenvalue weighted by atomic mass is 79.9. The van der Waals surface area contributed by atoms with E-state index in [-0.39, 0.29) is 10.8 Å². The van der Waals surface area contributed by atoms with E-state index in [9.17, 15) is 13.5 Å². The van der Waals surface area contributed by atoms with Gasteiger partial charge in [-0.1, -0.05) is 30.9 Å². The molecule has 2 N–H and O–H groups in total. The number of aliphatic hydroxyl groups excluding tert-OH is 1. The van der Waals surface area contributed by atoms with E-state index in [0.29, 0.717) is 21.7 Å². The SMILES string of the molecule is O=S(=O)(NC1(CO)CCCCC1)c1cc(Cl)c(Br)s1. The van der Waals surface area contributed by atoms with E-state index in [2.05, 4.69) is 20.7 Å². The van der Waals surface area contributed by atoms with E-state index in [0.717, 1.165) is 30.6 Å². The smallest absolute Gasteiger partial charge is 0.250 e. The molecule has 1 aromatic heterocycles. The zero-order chi connectivity index (χ0) is 14.1. The van der Waals surface area contributed by atoms with Gasteiger partial charge in [0, 0.05) is 0 Å². The lowest BCUT2D eigenvalue weighted by Gasteiger charge is -2.35. The van der Waals surface area contributed by atoms with Crippen LogP contribution >= 0.6 is 38.9 Å². The van der Waals surface area contributed by atoms with E-state index >= 15 is 0 Å². The van der Waals surface area contributed by atoms with Crippen LogP contribution in [0.5, 0.6) is 0 Å². The molecular formula is C11H15BrClNO3S2. The zero-order valence-electron chi connectivity index (χ0n) is 10.2. The Hall–Kier alpha value is 0.340. The molecule has 0 atom stereocenters. The third-order valence-electron chi connectivity index (χ3n) is 3.35. The molecule has 4 nitrogen and oxygen atoms in total. The minimum absolute atomic E-state index is 0.169. The second kappa shape index (κ2) is 5.99. The van der Waals surface area contributed by atoms with E-state index in [1.165, 1.54) is 6.07 Å². The monoisotopic (exact) mass is 387 g/mol. The van der Waals surface area contributed by atoms with Crippen molar-refractivity contribution in [3.8, 4) is 0 Å².